The summed E-state index contributed by atoms with van der Waals surface area (Å²) in [5.41, 5.74) is 4.10. The van der Waals surface area contributed by atoms with Crippen LogP contribution >= 0.6 is 0 Å². The largest absolute Gasteiger partial charge is 0.504 e. The van der Waals surface area contributed by atoms with E-state index in [1.807, 2.05) is 12.3 Å². The van der Waals surface area contributed by atoms with Crippen LogP contribution in [0.3, 0.4) is 0 Å². The molecule has 0 fully saturated rings. The van der Waals surface area contributed by atoms with E-state index in [-0.39, 0.29) is 11.5 Å². The van der Waals surface area contributed by atoms with Crippen molar-refractivity contribution in [2.75, 3.05) is 7.11 Å². The fraction of sp³-hybridized carbons (Fsp3) is 0.458. The third-order valence-corrected chi connectivity index (χ3v) is 13.3. The molecule has 3 rings (SSSR count). The van der Waals surface area contributed by atoms with Gasteiger partial charge in [-0.15, -0.1) is 0 Å². The number of benzene rings is 1. The van der Waals surface area contributed by atoms with Crippen molar-refractivity contribution in [2.45, 2.75) is 64.6 Å². The summed E-state index contributed by atoms with van der Waals surface area (Å²) in [6.45, 7) is 13.9. The van der Waals surface area contributed by atoms with Gasteiger partial charge in [0.25, 0.3) is 0 Å². The second-order valence-electron chi connectivity index (χ2n) is 9.02. The van der Waals surface area contributed by atoms with Crippen molar-refractivity contribution in [3.8, 4) is 11.5 Å². The summed E-state index contributed by atoms with van der Waals surface area (Å²) in [7, 11) is -0.642. The average Bonchev–Trinajstić information content (AvgIpc) is 3.03. The Bertz CT molecular complexity index is 1020. The highest BCUT2D eigenvalue weighted by atomic mass is 28.3. The van der Waals surface area contributed by atoms with Crippen molar-refractivity contribution in [1.82, 2.24) is 9.22 Å². The molecule has 0 unspecified atom stereocenters. The van der Waals surface area contributed by atoms with E-state index in [2.05, 4.69) is 58.0 Å². The molecule has 0 radical (unpaired) electrons. The van der Waals surface area contributed by atoms with Gasteiger partial charge in [0.15, 0.2) is 25.6 Å². The highest BCUT2D eigenvalue weighted by Gasteiger charge is 2.46. The Morgan fingerprint density at radius 1 is 1.03 bits per heavy atom. The van der Waals surface area contributed by atoms with Gasteiger partial charge in [0.1, 0.15) is 5.65 Å². The van der Waals surface area contributed by atoms with Crippen LogP contribution in [0.5, 0.6) is 11.5 Å². The molecule has 2 aromatic heterocycles. The molecule has 30 heavy (non-hydrogen) atoms. The summed E-state index contributed by atoms with van der Waals surface area (Å²) in [6, 6.07) is 7.13. The predicted molar refractivity (Wildman–Crippen MR) is 124 cm³/mol. The zero-order chi connectivity index (χ0) is 22.2. The fourth-order valence-corrected chi connectivity index (χ4v) is 12.1. The molecule has 4 nitrogen and oxygen atoms in total. The first kappa shape index (κ1) is 22.3. The second-order valence-corrected chi connectivity index (χ2v) is 14.7. The van der Waals surface area contributed by atoms with Gasteiger partial charge in [-0.05, 0) is 45.9 Å². The number of hydrogen-bond acceptors (Lipinski definition) is 3. The summed E-state index contributed by atoms with van der Waals surface area (Å²) in [5.74, 6) is -0.805. The summed E-state index contributed by atoms with van der Waals surface area (Å²) < 4.78 is 22.5. The van der Waals surface area contributed by atoms with E-state index in [1.165, 1.54) is 13.2 Å². The second kappa shape index (κ2) is 8.42. The quantitative estimate of drug-likeness (QED) is 0.437. The van der Waals surface area contributed by atoms with Crippen LogP contribution in [0.4, 0.5) is 4.39 Å². The molecule has 3 aromatic rings. The van der Waals surface area contributed by atoms with E-state index in [9.17, 15) is 9.50 Å². The highest BCUT2D eigenvalue weighted by molar-refractivity contribution is 6.82. The highest BCUT2D eigenvalue weighted by Crippen LogP contribution is 2.45. The number of hydrogen-bond donors (Lipinski definition) is 1. The molecule has 6 heteroatoms. The molecule has 0 saturated heterocycles. The van der Waals surface area contributed by atoms with Gasteiger partial charge in [0, 0.05) is 24.2 Å². The first-order chi connectivity index (χ1) is 14.2. The lowest BCUT2D eigenvalue weighted by Crippen LogP contribution is -2.51. The van der Waals surface area contributed by atoms with Crippen molar-refractivity contribution >= 4 is 19.3 Å². The molecule has 162 valence electrons. The van der Waals surface area contributed by atoms with Gasteiger partial charge in [0.05, 0.1) is 7.11 Å². The lowest BCUT2D eigenvalue weighted by molar-refractivity contribution is 0.349. The van der Waals surface area contributed by atoms with E-state index in [0.29, 0.717) is 28.6 Å². The Morgan fingerprint density at radius 2 is 1.67 bits per heavy atom. The van der Waals surface area contributed by atoms with Crippen LogP contribution in [0, 0.1) is 5.82 Å². The van der Waals surface area contributed by atoms with Crippen molar-refractivity contribution in [2.24, 2.45) is 0 Å². The zero-order valence-corrected chi connectivity index (χ0v) is 20.0. The van der Waals surface area contributed by atoms with Gasteiger partial charge < -0.3 is 14.1 Å². The third-order valence-electron chi connectivity index (χ3n) is 6.58. The SMILES string of the molecule is COc1c(O)ccc(Cc2cn([Si](C(C)C)(C(C)C)C(C)C)c3ncccc23)c1F. The third kappa shape index (κ3) is 3.41. The van der Waals surface area contributed by atoms with E-state index in [0.717, 1.165) is 16.6 Å². The summed E-state index contributed by atoms with van der Waals surface area (Å²) in [6.07, 6.45) is 4.46. The van der Waals surface area contributed by atoms with Crippen LogP contribution in [0.2, 0.25) is 16.6 Å². The summed E-state index contributed by atoms with van der Waals surface area (Å²) in [5, 5.41) is 10.9. The molecular weight excluding hydrogens is 395 g/mol. The number of aromatic hydroxyl groups is 1. The molecule has 0 atom stereocenters. The zero-order valence-electron chi connectivity index (χ0n) is 19.0. The lowest BCUT2D eigenvalue weighted by Gasteiger charge is -2.44. The van der Waals surface area contributed by atoms with Crippen LogP contribution in [0.15, 0.2) is 36.7 Å². The Labute approximate surface area is 179 Å². The first-order valence-corrected chi connectivity index (χ1v) is 12.8. The Morgan fingerprint density at radius 3 is 2.23 bits per heavy atom. The van der Waals surface area contributed by atoms with Crippen molar-refractivity contribution < 1.29 is 14.2 Å². The molecular formula is C24H33FN2O2Si. The number of methoxy groups -OCH3 is 1. The summed E-state index contributed by atoms with van der Waals surface area (Å²) in [4.78, 5) is 4.77. The van der Waals surface area contributed by atoms with Crippen LogP contribution in [-0.4, -0.2) is 29.7 Å². The van der Waals surface area contributed by atoms with Gasteiger partial charge in [-0.1, -0.05) is 47.6 Å². The number of halogens is 1. The Balaban J connectivity index is 2.23. The van der Waals surface area contributed by atoms with Crippen LogP contribution in [0.1, 0.15) is 52.7 Å². The monoisotopic (exact) mass is 428 g/mol. The fourth-order valence-electron chi connectivity index (χ4n) is 5.52. The molecule has 0 aliphatic rings. The van der Waals surface area contributed by atoms with Crippen LogP contribution in [0.25, 0.3) is 11.0 Å². The van der Waals surface area contributed by atoms with E-state index in [1.54, 1.807) is 6.07 Å². The number of aromatic nitrogens is 2. The van der Waals surface area contributed by atoms with Gasteiger partial charge in [-0.25, -0.2) is 9.37 Å². The number of pyridine rings is 1. The maximum atomic E-state index is 14.9. The number of phenolic OH excluding ortho intramolecular Hbond substituents is 1. The van der Waals surface area contributed by atoms with Crippen molar-refractivity contribution in [1.29, 1.82) is 0 Å². The maximum absolute atomic E-state index is 14.9. The maximum Gasteiger partial charge on any atom is 0.196 e. The number of phenols is 1. The van der Waals surface area contributed by atoms with Crippen molar-refractivity contribution in [3.05, 3.63) is 53.6 Å². The molecule has 2 heterocycles. The minimum atomic E-state index is -2.01. The van der Waals surface area contributed by atoms with E-state index < -0.39 is 14.1 Å². The smallest absolute Gasteiger partial charge is 0.196 e. The van der Waals surface area contributed by atoms with Gasteiger partial charge in [0.2, 0.25) is 0 Å². The molecule has 1 aromatic carbocycles. The normalized spacial score (nSPS) is 12.5. The van der Waals surface area contributed by atoms with E-state index in [4.69, 9.17) is 9.72 Å². The predicted octanol–water partition coefficient (Wildman–Crippen LogP) is 6.50. The number of rotatable bonds is 7. The van der Waals surface area contributed by atoms with Crippen molar-refractivity contribution in [3.63, 3.8) is 0 Å². The number of fused-ring (bicyclic) bond motifs is 1. The van der Waals surface area contributed by atoms with Gasteiger partial charge in [-0.3, -0.25) is 0 Å². The Kier molecular flexibility index (Phi) is 6.27. The number of ether oxygens (including phenoxy) is 1. The summed E-state index contributed by atoms with van der Waals surface area (Å²) >= 11 is 0. The lowest BCUT2D eigenvalue weighted by atomic mass is 10.0. The van der Waals surface area contributed by atoms with E-state index >= 15 is 0 Å². The molecule has 0 aliphatic carbocycles. The van der Waals surface area contributed by atoms with Crippen LogP contribution < -0.4 is 4.74 Å². The minimum absolute atomic E-state index is 0.107. The molecule has 0 aliphatic heterocycles. The van der Waals surface area contributed by atoms with Crippen LogP contribution in [-0.2, 0) is 6.42 Å². The molecule has 1 N–H and O–H groups in total. The molecule has 0 bridgehead atoms. The number of nitrogens with zero attached hydrogens (tertiary/aromatic N) is 2. The molecule has 0 saturated carbocycles. The van der Waals surface area contributed by atoms with Gasteiger partial charge in [-0.2, -0.15) is 0 Å². The topological polar surface area (TPSA) is 47.3 Å². The average molecular weight is 429 g/mol. The standard InChI is InChI=1S/C24H33FN2O2Si/c1-15(2)30(16(3)4,17(5)6)27-14-19(20-9-8-12-26-24(20)27)13-18-10-11-21(28)23(29-7)22(18)25/h8-12,14-17,28H,13H2,1-7H3. The minimum Gasteiger partial charge on any atom is -0.504 e. The molecule has 0 amide bonds. The van der Waals surface area contributed by atoms with Gasteiger partial charge >= 0.3 is 0 Å². The Hall–Kier alpha value is -2.34. The first-order valence-electron chi connectivity index (χ1n) is 10.7. The molecule has 0 spiro atoms.